The number of hydrogen-bond donors (Lipinski definition) is 2. The average Bonchev–Trinajstić information content (AvgIpc) is 3.17. The third-order valence-corrected chi connectivity index (χ3v) is 4.64. The fraction of sp³-hybridized carbons (Fsp3) is 0.111. The molecule has 27 heavy (non-hydrogen) atoms. The van der Waals surface area contributed by atoms with Crippen molar-refractivity contribution in [3.05, 3.63) is 69.1 Å². The molecule has 3 aromatic rings. The van der Waals surface area contributed by atoms with E-state index in [0.717, 1.165) is 16.9 Å². The van der Waals surface area contributed by atoms with Crippen LogP contribution in [0.1, 0.15) is 25.2 Å². The van der Waals surface area contributed by atoms with Gasteiger partial charge in [0.05, 0.1) is 7.11 Å². The molecule has 0 spiro atoms. The largest absolute Gasteiger partial charge is 0.497 e. The van der Waals surface area contributed by atoms with Crippen LogP contribution in [0.4, 0.5) is 5.69 Å². The number of benzene rings is 2. The van der Waals surface area contributed by atoms with Gasteiger partial charge in [-0.05, 0) is 35.9 Å². The lowest BCUT2D eigenvalue weighted by Crippen LogP contribution is -2.22. The Morgan fingerprint density at radius 1 is 1.07 bits per heavy atom. The summed E-state index contributed by atoms with van der Waals surface area (Å²) in [5.41, 5.74) is 1.41. The summed E-state index contributed by atoms with van der Waals surface area (Å²) in [4.78, 5) is 24.4. The Bertz CT molecular complexity index is 977. The molecule has 0 saturated carbocycles. The molecular formula is C18H15ClN4O3S. The molecule has 0 atom stereocenters. The van der Waals surface area contributed by atoms with Gasteiger partial charge >= 0.3 is 0 Å². The minimum absolute atomic E-state index is 0.0847. The molecule has 0 radical (unpaired) electrons. The van der Waals surface area contributed by atoms with E-state index in [4.69, 9.17) is 16.3 Å². The van der Waals surface area contributed by atoms with Crippen LogP contribution in [0.15, 0.2) is 48.5 Å². The number of halogens is 1. The Morgan fingerprint density at radius 2 is 1.81 bits per heavy atom. The lowest BCUT2D eigenvalue weighted by atomic mass is 10.2. The Kier molecular flexibility index (Phi) is 6.00. The van der Waals surface area contributed by atoms with E-state index in [1.54, 1.807) is 31.4 Å². The van der Waals surface area contributed by atoms with Crippen LogP contribution in [0.3, 0.4) is 0 Å². The maximum absolute atomic E-state index is 12.2. The van der Waals surface area contributed by atoms with E-state index in [1.807, 2.05) is 24.3 Å². The highest BCUT2D eigenvalue weighted by atomic mass is 35.5. The molecule has 3 rings (SSSR count). The van der Waals surface area contributed by atoms with Crippen LogP contribution in [0.2, 0.25) is 5.02 Å². The molecule has 9 heteroatoms. The Morgan fingerprint density at radius 3 is 2.56 bits per heavy atom. The van der Waals surface area contributed by atoms with Crippen molar-refractivity contribution in [3.8, 4) is 5.75 Å². The van der Waals surface area contributed by atoms with E-state index in [1.165, 1.54) is 0 Å². The Labute approximate surface area is 164 Å². The van der Waals surface area contributed by atoms with Gasteiger partial charge in [-0.3, -0.25) is 9.59 Å². The number of amides is 2. The zero-order valence-corrected chi connectivity index (χ0v) is 15.8. The molecule has 0 saturated heterocycles. The van der Waals surface area contributed by atoms with Crippen molar-refractivity contribution in [2.24, 2.45) is 0 Å². The van der Waals surface area contributed by atoms with E-state index < -0.39 is 11.8 Å². The molecule has 0 aliphatic heterocycles. The quantitative estimate of drug-likeness (QED) is 0.659. The van der Waals surface area contributed by atoms with Crippen LogP contribution < -0.4 is 15.4 Å². The highest BCUT2D eigenvalue weighted by Gasteiger charge is 2.17. The molecule has 2 aromatic carbocycles. The molecule has 0 bridgehead atoms. The summed E-state index contributed by atoms with van der Waals surface area (Å²) >= 11 is 6.80. The number of aromatic nitrogens is 2. The second kappa shape index (κ2) is 8.61. The maximum Gasteiger partial charge on any atom is 0.286 e. The summed E-state index contributed by atoms with van der Waals surface area (Å²) in [6.45, 7) is 0.305. The van der Waals surface area contributed by atoms with Crippen molar-refractivity contribution in [2.75, 3.05) is 12.4 Å². The molecule has 138 valence electrons. The van der Waals surface area contributed by atoms with Gasteiger partial charge < -0.3 is 15.4 Å². The van der Waals surface area contributed by atoms with Crippen molar-refractivity contribution < 1.29 is 14.3 Å². The third-order valence-electron chi connectivity index (χ3n) is 3.48. The number of nitrogens with one attached hydrogen (secondary N) is 2. The normalized spacial score (nSPS) is 10.3. The van der Waals surface area contributed by atoms with Gasteiger partial charge in [0, 0.05) is 17.3 Å². The van der Waals surface area contributed by atoms with E-state index >= 15 is 0 Å². The lowest BCUT2D eigenvalue weighted by molar-refractivity contribution is 0.0948. The molecule has 1 aromatic heterocycles. The van der Waals surface area contributed by atoms with Crippen LogP contribution in [0, 0.1) is 0 Å². The first-order valence-corrected chi connectivity index (χ1v) is 9.06. The van der Waals surface area contributed by atoms with E-state index in [2.05, 4.69) is 20.8 Å². The van der Waals surface area contributed by atoms with Crippen molar-refractivity contribution >= 4 is 40.4 Å². The molecule has 2 N–H and O–H groups in total. The van der Waals surface area contributed by atoms with Crippen LogP contribution in [0.5, 0.6) is 5.75 Å². The molecule has 7 nitrogen and oxygen atoms in total. The van der Waals surface area contributed by atoms with Gasteiger partial charge in [0.25, 0.3) is 11.8 Å². The summed E-state index contributed by atoms with van der Waals surface area (Å²) < 4.78 is 5.15. The zero-order chi connectivity index (χ0) is 19.2. The fourth-order valence-electron chi connectivity index (χ4n) is 2.20. The standard InChI is InChI=1S/C18H15ClN4O3S/c1-26-14-7-2-4-11(8-14)10-20-15(24)17-22-23-18(27-17)16(25)21-13-6-3-5-12(19)9-13/h2-9H,10H2,1H3,(H,20,24)(H,21,25). The van der Waals surface area contributed by atoms with Crippen LogP contribution >= 0.6 is 22.9 Å². The van der Waals surface area contributed by atoms with Gasteiger partial charge in [-0.1, -0.05) is 41.1 Å². The van der Waals surface area contributed by atoms with Crippen LogP contribution in [-0.2, 0) is 6.54 Å². The highest BCUT2D eigenvalue weighted by Crippen LogP contribution is 2.17. The average molecular weight is 403 g/mol. The van der Waals surface area contributed by atoms with E-state index in [0.29, 0.717) is 23.0 Å². The number of ether oxygens (including phenoxy) is 1. The van der Waals surface area contributed by atoms with Gasteiger partial charge in [-0.15, -0.1) is 10.2 Å². The summed E-state index contributed by atoms with van der Waals surface area (Å²) in [6.07, 6.45) is 0. The second-order valence-electron chi connectivity index (χ2n) is 5.41. The van der Waals surface area contributed by atoms with Crippen molar-refractivity contribution in [3.63, 3.8) is 0 Å². The number of carbonyl (C=O) groups is 2. The number of hydrogen-bond acceptors (Lipinski definition) is 6. The monoisotopic (exact) mass is 402 g/mol. The third kappa shape index (κ3) is 5.02. The topological polar surface area (TPSA) is 93.2 Å². The van der Waals surface area contributed by atoms with E-state index in [9.17, 15) is 9.59 Å². The molecular weight excluding hydrogens is 388 g/mol. The smallest absolute Gasteiger partial charge is 0.286 e. The van der Waals surface area contributed by atoms with Crippen LogP contribution in [-0.4, -0.2) is 29.1 Å². The zero-order valence-electron chi connectivity index (χ0n) is 14.2. The molecule has 2 amide bonds. The molecule has 0 fully saturated rings. The maximum atomic E-state index is 12.2. The fourth-order valence-corrected chi connectivity index (χ4v) is 3.04. The van der Waals surface area contributed by atoms with Crippen molar-refractivity contribution in [2.45, 2.75) is 6.54 Å². The number of nitrogens with zero attached hydrogens (tertiary/aromatic N) is 2. The van der Waals surface area contributed by atoms with Crippen molar-refractivity contribution in [1.29, 1.82) is 0 Å². The van der Waals surface area contributed by atoms with Crippen molar-refractivity contribution in [1.82, 2.24) is 15.5 Å². The first-order chi connectivity index (χ1) is 13.0. The van der Waals surface area contributed by atoms with Crippen LogP contribution in [0.25, 0.3) is 0 Å². The lowest BCUT2D eigenvalue weighted by Gasteiger charge is -2.05. The SMILES string of the molecule is COc1cccc(CNC(=O)c2nnc(C(=O)Nc3cccc(Cl)c3)s2)c1. The van der Waals surface area contributed by atoms with Gasteiger partial charge in [0.15, 0.2) is 0 Å². The van der Waals surface area contributed by atoms with Gasteiger partial charge in [-0.25, -0.2) is 0 Å². The minimum atomic E-state index is -0.457. The Hall–Kier alpha value is -2.97. The summed E-state index contributed by atoms with van der Waals surface area (Å²) in [7, 11) is 1.58. The van der Waals surface area contributed by atoms with E-state index in [-0.39, 0.29) is 10.0 Å². The van der Waals surface area contributed by atoms with Gasteiger partial charge in [-0.2, -0.15) is 0 Å². The predicted molar refractivity (Wildman–Crippen MR) is 103 cm³/mol. The molecule has 0 aliphatic carbocycles. The molecule has 1 heterocycles. The van der Waals surface area contributed by atoms with Gasteiger partial charge in [0.1, 0.15) is 5.75 Å². The Balaban J connectivity index is 1.60. The minimum Gasteiger partial charge on any atom is -0.497 e. The number of methoxy groups -OCH3 is 1. The highest BCUT2D eigenvalue weighted by molar-refractivity contribution is 7.15. The first kappa shape index (κ1) is 18.8. The predicted octanol–water partition coefficient (Wildman–Crippen LogP) is 3.38. The molecule has 0 aliphatic rings. The number of carbonyl (C=O) groups excluding carboxylic acids is 2. The van der Waals surface area contributed by atoms with Gasteiger partial charge in [0.2, 0.25) is 10.0 Å². The summed E-state index contributed by atoms with van der Waals surface area (Å²) in [5, 5.41) is 13.7. The summed E-state index contributed by atoms with van der Waals surface area (Å²) in [6, 6.07) is 14.1. The first-order valence-electron chi connectivity index (χ1n) is 7.86. The number of anilines is 1. The summed E-state index contributed by atoms with van der Waals surface area (Å²) in [5.74, 6) is -0.156. The number of rotatable bonds is 6. The second-order valence-corrected chi connectivity index (χ2v) is 6.83. The molecule has 0 unspecified atom stereocenters.